The standard InChI is InChI=1S/C12H12BrNOS/c1-8-2-9(6-14-5-8)12(15)4-11-3-10(13)7-16-11/h2-3,5-7,12,15H,4H2,1H3. The number of thiophene rings is 1. The summed E-state index contributed by atoms with van der Waals surface area (Å²) >= 11 is 5.06. The summed E-state index contributed by atoms with van der Waals surface area (Å²) in [5.74, 6) is 0. The molecular formula is C12H12BrNOS. The van der Waals surface area contributed by atoms with Crippen molar-refractivity contribution in [1.82, 2.24) is 4.98 Å². The van der Waals surface area contributed by atoms with Gasteiger partial charge in [-0.05, 0) is 40.0 Å². The lowest BCUT2D eigenvalue weighted by Crippen LogP contribution is -2.01. The lowest BCUT2D eigenvalue weighted by molar-refractivity contribution is 0.179. The lowest BCUT2D eigenvalue weighted by atomic mass is 10.1. The zero-order valence-corrected chi connectivity index (χ0v) is 11.3. The molecule has 4 heteroatoms. The topological polar surface area (TPSA) is 33.1 Å². The number of halogens is 1. The molecule has 0 fully saturated rings. The largest absolute Gasteiger partial charge is 0.388 e. The van der Waals surface area contributed by atoms with Crippen LogP contribution in [-0.2, 0) is 6.42 Å². The average Bonchev–Trinajstić information content (AvgIpc) is 2.64. The predicted molar refractivity (Wildman–Crippen MR) is 69.7 cm³/mol. The van der Waals surface area contributed by atoms with E-state index >= 15 is 0 Å². The van der Waals surface area contributed by atoms with Crippen LogP contribution in [0.4, 0.5) is 0 Å². The maximum absolute atomic E-state index is 10.1. The first-order valence-corrected chi connectivity index (χ1v) is 6.65. The van der Waals surface area contributed by atoms with Crippen molar-refractivity contribution >= 4 is 27.3 Å². The van der Waals surface area contributed by atoms with Gasteiger partial charge in [0, 0.05) is 33.5 Å². The first-order valence-electron chi connectivity index (χ1n) is 4.97. The molecule has 2 aromatic heterocycles. The van der Waals surface area contributed by atoms with Crippen molar-refractivity contribution in [3.63, 3.8) is 0 Å². The molecule has 0 bridgehead atoms. The molecule has 2 rings (SSSR count). The molecule has 0 aliphatic carbocycles. The molecule has 2 nitrogen and oxygen atoms in total. The van der Waals surface area contributed by atoms with Crippen LogP contribution in [0.2, 0.25) is 0 Å². The number of rotatable bonds is 3. The van der Waals surface area contributed by atoms with Crippen LogP contribution in [0.5, 0.6) is 0 Å². The van der Waals surface area contributed by atoms with Crippen molar-refractivity contribution in [2.24, 2.45) is 0 Å². The van der Waals surface area contributed by atoms with Gasteiger partial charge in [-0.2, -0.15) is 0 Å². The van der Waals surface area contributed by atoms with Crippen LogP contribution < -0.4 is 0 Å². The monoisotopic (exact) mass is 297 g/mol. The Morgan fingerprint density at radius 2 is 2.25 bits per heavy atom. The van der Waals surface area contributed by atoms with Crippen LogP contribution >= 0.6 is 27.3 Å². The van der Waals surface area contributed by atoms with Crippen molar-refractivity contribution in [3.8, 4) is 0 Å². The molecule has 0 aliphatic heterocycles. The van der Waals surface area contributed by atoms with Gasteiger partial charge >= 0.3 is 0 Å². The zero-order valence-electron chi connectivity index (χ0n) is 8.85. The van der Waals surface area contributed by atoms with Gasteiger partial charge in [0.2, 0.25) is 0 Å². The molecule has 0 saturated carbocycles. The summed E-state index contributed by atoms with van der Waals surface area (Å²) in [5.41, 5.74) is 1.95. The molecule has 1 unspecified atom stereocenters. The number of hydrogen-bond acceptors (Lipinski definition) is 3. The SMILES string of the molecule is Cc1cncc(C(O)Cc2cc(Br)cs2)c1. The van der Waals surface area contributed by atoms with Gasteiger partial charge in [0.15, 0.2) is 0 Å². The Morgan fingerprint density at radius 3 is 2.88 bits per heavy atom. The van der Waals surface area contributed by atoms with Gasteiger partial charge in [0.05, 0.1) is 6.10 Å². The van der Waals surface area contributed by atoms with Gasteiger partial charge in [0.25, 0.3) is 0 Å². The summed E-state index contributed by atoms with van der Waals surface area (Å²) in [6.07, 6.45) is 3.68. The quantitative estimate of drug-likeness (QED) is 0.941. The fourth-order valence-corrected chi connectivity index (χ4v) is 3.02. The van der Waals surface area contributed by atoms with E-state index in [-0.39, 0.29) is 0 Å². The van der Waals surface area contributed by atoms with E-state index in [0.29, 0.717) is 6.42 Å². The third kappa shape index (κ3) is 2.90. The van der Waals surface area contributed by atoms with Crippen molar-refractivity contribution in [3.05, 3.63) is 50.4 Å². The van der Waals surface area contributed by atoms with E-state index in [9.17, 15) is 5.11 Å². The molecule has 0 aliphatic rings. The minimum Gasteiger partial charge on any atom is -0.388 e. The molecule has 0 amide bonds. The maximum Gasteiger partial charge on any atom is 0.0853 e. The minimum atomic E-state index is -0.474. The highest BCUT2D eigenvalue weighted by Gasteiger charge is 2.10. The van der Waals surface area contributed by atoms with Gasteiger partial charge in [-0.15, -0.1) is 11.3 Å². The third-order valence-electron chi connectivity index (χ3n) is 2.30. The number of hydrogen-bond donors (Lipinski definition) is 1. The Kier molecular flexibility index (Phi) is 3.74. The summed E-state index contributed by atoms with van der Waals surface area (Å²) < 4.78 is 1.07. The highest BCUT2D eigenvalue weighted by atomic mass is 79.9. The van der Waals surface area contributed by atoms with Crippen LogP contribution in [-0.4, -0.2) is 10.1 Å². The van der Waals surface area contributed by atoms with Crippen LogP contribution in [0.15, 0.2) is 34.4 Å². The summed E-state index contributed by atoms with van der Waals surface area (Å²) in [6, 6.07) is 4.01. The van der Waals surface area contributed by atoms with Crippen LogP contribution in [0, 0.1) is 6.92 Å². The second-order valence-electron chi connectivity index (χ2n) is 3.75. The maximum atomic E-state index is 10.1. The Labute approximate surface area is 107 Å². The molecule has 0 saturated heterocycles. The summed E-state index contributed by atoms with van der Waals surface area (Å²) in [7, 11) is 0. The summed E-state index contributed by atoms with van der Waals surface area (Å²) in [4.78, 5) is 5.25. The Balaban J connectivity index is 2.11. The van der Waals surface area contributed by atoms with E-state index in [1.807, 2.05) is 24.4 Å². The van der Waals surface area contributed by atoms with Crippen LogP contribution in [0.1, 0.15) is 22.1 Å². The first-order chi connectivity index (χ1) is 7.65. The van der Waals surface area contributed by atoms with Gasteiger partial charge in [-0.25, -0.2) is 0 Å². The smallest absolute Gasteiger partial charge is 0.0853 e. The van der Waals surface area contributed by atoms with Crippen LogP contribution in [0.25, 0.3) is 0 Å². The van der Waals surface area contributed by atoms with E-state index in [2.05, 4.69) is 20.9 Å². The number of aromatic nitrogens is 1. The Hall–Kier alpha value is -0.710. The molecule has 84 valence electrons. The fourth-order valence-electron chi connectivity index (χ4n) is 1.53. The second kappa shape index (κ2) is 5.08. The first kappa shape index (κ1) is 11.8. The van der Waals surface area contributed by atoms with Crippen LogP contribution in [0.3, 0.4) is 0 Å². The van der Waals surface area contributed by atoms with E-state index in [1.165, 1.54) is 4.88 Å². The minimum absolute atomic E-state index is 0.474. The van der Waals surface area contributed by atoms with Crippen molar-refractivity contribution < 1.29 is 5.11 Å². The molecule has 2 heterocycles. The molecule has 0 radical (unpaired) electrons. The van der Waals surface area contributed by atoms with Gasteiger partial charge < -0.3 is 5.11 Å². The highest BCUT2D eigenvalue weighted by Crippen LogP contribution is 2.25. The molecule has 0 spiro atoms. The zero-order chi connectivity index (χ0) is 11.5. The van der Waals surface area contributed by atoms with Gasteiger partial charge in [-0.1, -0.05) is 6.07 Å². The second-order valence-corrected chi connectivity index (χ2v) is 5.66. The predicted octanol–water partition coefficient (Wildman–Crippen LogP) is 3.49. The van der Waals surface area contributed by atoms with Gasteiger partial charge in [-0.3, -0.25) is 4.98 Å². The summed E-state index contributed by atoms with van der Waals surface area (Å²) in [6.45, 7) is 1.98. The number of aliphatic hydroxyl groups excluding tert-OH is 1. The van der Waals surface area contributed by atoms with Crippen molar-refractivity contribution in [2.75, 3.05) is 0 Å². The molecule has 2 aromatic rings. The number of aliphatic hydroxyl groups is 1. The van der Waals surface area contributed by atoms with E-state index in [1.54, 1.807) is 23.7 Å². The number of pyridine rings is 1. The van der Waals surface area contributed by atoms with Crippen molar-refractivity contribution in [2.45, 2.75) is 19.4 Å². The molecule has 1 N–H and O–H groups in total. The summed E-state index contributed by atoms with van der Waals surface area (Å²) in [5, 5.41) is 12.1. The molecule has 0 aromatic carbocycles. The third-order valence-corrected chi connectivity index (χ3v) is 4.02. The van der Waals surface area contributed by atoms with Gasteiger partial charge in [0.1, 0.15) is 0 Å². The fraction of sp³-hybridized carbons (Fsp3) is 0.250. The van der Waals surface area contributed by atoms with E-state index < -0.39 is 6.10 Å². The Morgan fingerprint density at radius 1 is 1.44 bits per heavy atom. The molecule has 16 heavy (non-hydrogen) atoms. The molecule has 1 atom stereocenters. The average molecular weight is 298 g/mol. The number of aryl methyl sites for hydroxylation is 1. The highest BCUT2D eigenvalue weighted by molar-refractivity contribution is 9.10. The normalized spacial score (nSPS) is 12.7. The number of nitrogens with zero attached hydrogens (tertiary/aromatic N) is 1. The van der Waals surface area contributed by atoms with Crippen molar-refractivity contribution in [1.29, 1.82) is 0 Å². The molecular weight excluding hydrogens is 286 g/mol. The lowest BCUT2D eigenvalue weighted by Gasteiger charge is -2.09. The Bertz CT molecular complexity index is 483. The van der Waals surface area contributed by atoms with E-state index in [4.69, 9.17) is 0 Å². The van der Waals surface area contributed by atoms with E-state index in [0.717, 1.165) is 15.6 Å².